The Morgan fingerprint density at radius 1 is 1.07 bits per heavy atom. The molecule has 3 nitrogen and oxygen atoms in total. The molecule has 0 aromatic carbocycles. The van der Waals surface area contributed by atoms with Crippen LogP contribution in [0.25, 0.3) is 0 Å². The zero-order valence-electron chi connectivity index (χ0n) is 9.11. The maximum atomic E-state index is 8.80. The molecule has 0 unspecified atom stereocenters. The summed E-state index contributed by atoms with van der Waals surface area (Å²) < 4.78 is 0. The molecule has 0 aromatic heterocycles. The fourth-order valence-corrected chi connectivity index (χ4v) is 2.23. The van der Waals surface area contributed by atoms with Gasteiger partial charge in [0, 0.05) is 32.7 Å². The van der Waals surface area contributed by atoms with Crippen molar-refractivity contribution in [2.75, 3.05) is 57.9 Å². The lowest BCUT2D eigenvalue weighted by Gasteiger charge is -2.34. The molecule has 0 aromatic rings. The Kier molecular flexibility index (Phi) is 6.60. The summed E-state index contributed by atoms with van der Waals surface area (Å²) in [4.78, 5) is 4.87. The van der Waals surface area contributed by atoms with E-state index >= 15 is 0 Å². The summed E-state index contributed by atoms with van der Waals surface area (Å²) >= 11 is 1.93. The van der Waals surface area contributed by atoms with Crippen LogP contribution in [0.4, 0.5) is 0 Å². The van der Waals surface area contributed by atoms with Crippen LogP contribution < -0.4 is 0 Å². The fourth-order valence-electron chi connectivity index (χ4n) is 1.81. The number of rotatable bonds is 6. The van der Waals surface area contributed by atoms with Crippen LogP contribution >= 0.6 is 11.8 Å². The van der Waals surface area contributed by atoms with E-state index in [2.05, 4.69) is 16.1 Å². The Balaban J connectivity index is 2.03. The van der Waals surface area contributed by atoms with Crippen molar-refractivity contribution < 1.29 is 5.11 Å². The second-order valence-electron chi connectivity index (χ2n) is 3.75. The van der Waals surface area contributed by atoms with Gasteiger partial charge in [-0.05, 0) is 25.0 Å². The van der Waals surface area contributed by atoms with E-state index in [0.29, 0.717) is 6.61 Å². The summed E-state index contributed by atoms with van der Waals surface area (Å²) in [5.74, 6) is 1.27. The number of piperazine rings is 1. The lowest BCUT2D eigenvalue weighted by molar-refractivity contribution is 0.113. The van der Waals surface area contributed by atoms with Gasteiger partial charge in [0.25, 0.3) is 0 Å². The molecule has 1 aliphatic heterocycles. The molecule has 1 aliphatic rings. The van der Waals surface area contributed by atoms with Crippen LogP contribution in [0.1, 0.15) is 6.42 Å². The molecule has 1 rings (SSSR count). The van der Waals surface area contributed by atoms with Crippen molar-refractivity contribution in [1.82, 2.24) is 9.80 Å². The van der Waals surface area contributed by atoms with Crippen LogP contribution in [-0.2, 0) is 0 Å². The van der Waals surface area contributed by atoms with Crippen LogP contribution in [-0.4, -0.2) is 72.8 Å². The molecule has 0 atom stereocenters. The quantitative estimate of drug-likeness (QED) is 0.651. The third-order valence-electron chi connectivity index (χ3n) is 2.70. The van der Waals surface area contributed by atoms with Crippen molar-refractivity contribution >= 4 is 11.8 Å². The molecule has 0 bridgehead atoms. The lowest BCUT2D eigenvalue weighted by atomic mass is 10.3. The largest absolute Gasteiger partial charge is 0.395 e. The normalized spacial score (nSPS) is 20.1. The SMILES string of the molecule is CSCCCN1CCN(CCO)CC1. The van der Waals surface area contributed by atoms with Crippen molar-refractivity contribution in [3.8, 4) is 0 Å². The Bertz CT molecular complexity index is 138. The molecule has 14 heavy (non-hydrogen) atoms. The zero-order valence-corrected chi connectivity index (χ0v) is 9.93. The molecule has 1 N–H and O–H groups in total. The van der Waals surface area contributed by atoms with Gasteiger partial charge in [-0.25, -0.2) is 0 Å². The second kappa shape index (κ2) is 7.51. The summed E-state index contributed by atoms with van der Waals surface area (Å²) in [6.07, 6.45) is 3.47. The third-order valence-corrected chi connectivity index (χ3v) is 3.40. The van der Waals surface area contributed by atoms with Gasteiger partial charge in [0.05, 0.1) is 6.61 Å². The zero-order chi connectivity index (χ0) is 10.2. The van der Waals surface area contributed by atoms with Gasteiger partial charge in [-0.2, -0.15) is 11.8 Å². The first kappa shape index (κ1) is 12.3. The monoisotopic (exact) mass is 218 g/mol. The topological polar surface area (TPSA) is 26.7 Å². The van der Waals surface area contributed by atoms with Crippen molar-refractivity contribution in [2.24, 2.45) is 0 Å². The number of thioether (sulfide) groups is 1. The highest BCUT2D eigenvalue weighted by Crippen LogP contribution is 2.03. The Hall–Kier alpha value is 0.230. The molecular formula is C10H22N2OS. The molecule has 0 spiro atoms. The van der Waals surface area contributed by atoms with Crippen molar-refractivity contribution in [2.45, 2.75) is 6.42 Å². The first-order chi connectivity index (χ1) is 6.86. The van der Waals surface area contributed by atoms with E-state index in [0.717, 1.165) is 19.6 Å². The van der Waals surface area contributed by atoms with Gasteiger partial charge in [0.15, 0.2) is 0 Å². The Labute approximate surface area is 91.5 Å². The molecule has 1 saturated heterocycles. The number of nitrogens with zero attached hydrogens (tertiary/aromatic N) is 2. The van der Waals surface area contributed by atoms with E-state index in [9.17, 15) is 0 Å². The standard InChI is InChI=1S/C10H22N2OS/c1-14-10-2-3-11-4-6-12(7-5-11)8-9-13/h13H,2-10H2,1H3. The third kappa shape index (κ3) is 4.64. The van der Waals surface area contributed by atoms with Gasteiger partial charge < -0.3 is 10.0 Å². The van der Waals surface area contributed by atoms with Gasteiger partial charge in [0.2, 0.25) is 0 Å². The minimum atomic E-state index is 0.298. The second-order valence-corrected chi connectivity index (χ2v) is 4.74. The minimum absolute atomic E-state index is 0.298. The van der Waals surface area contributed by atoms with Crippen LogP contribution in [0.15, 0.2) is 0 Å². The number of hydrogen-bond donors (Lipinski definition) is 1. The fraction of sp³-hybridized carbons (Fsp3) is 1.00. The number of β-amino-alcohol motifs (C(OH)–C–C–N with tert-alkyl or cyclic N) is 1. The van der Waals surface area contributed by atoms with Crippen molar-refractivity contribution in [3.63, 3.8) is 0 Å². The molecule has 0 saturated carbocycles. The van der Waals surface area contributed by atoms with E-state index in [1.165, 1.54) is 31.8 Å². The average molecular weight is 218 g/mol. The highest BCUT2D eigenvalue weighted by molar-refractivity contribution is 7.98. The van der Waals surface area contributed by atoms with Gasteiger partial charge in [0.1, 0.15) is 0 Å². The minimum Gasteiger partial charge on any atom is -0.395 e. The summed E-state index contributed by atoms with van der Waals surface area (Å²) in [5.41, 5.74) is 0. The number of aliphatic hydroxyl groups is 1. The van der Waals surface area contributed by atoms with Crippen molar-refractivity contribution in [3.05, 3.63) is 0 Å². The highest BCUT2D eigenvalue weighted by atomic mass is 32.2. The number of aliphatic hydroxyl groups excluding tert-OH is 1. The Morgan fingerprint density at radius 3 is 2.14 bits per heavy atom. The van der Waals surface area contributed by atoms with Crippen molar-refractivity contribution in [1.29, 1.82) is 0 Å². The van der Waals surface area contributed by atoms with E-state index in [1.807, 2.05) is 11.8 Å². The van der Waals surface area contributed by atoms with Crippen LogP contribution in [0, 0.1) is 0 Å². The van der Waals surface area contributed by atoms with Gasteiger partial charge in [-0.1, -0.05) is 0 Å². The van der Waals surface area contributed by atoms with Gasteiger partial charge in [-0.15, -0.1) is 0 Å². The highest BCUT2D eigenvalue weighted by Gasteiger charge is 2.15. The van der Waals surface area contributed by atoms with Gasteiger partial charge in [-0.3, -0.25) is 4.90 Å². The smallest absolute Gasteiger partial charge is 0.0558 e. The van der Waals surface area contributed by atoms with E-state index in [1.54, 1.807) is 0 Å². The van der Waals surface area contributed by atoms with Crippen LogP contribution in [0.2, 0.25) is 0 Å². The number of hydrogen-bond acceptors (Lipinski definition) is 4. The molecule has 1 heterocycles. The first-order valence-corrected chi connectivity index (χ1v) is 6.80. The molecule has 0 radical (unpaired) electrons. The molecule has 0 aliphatic carbocycles. The maximum Gasteiger partial charge on any atom is 0.0558 e. The molecule has 84 valence electrons. The Morgan fingerprint density at radius 2 is 1.64 bits per heavy atom. The van der Waals surface area contributed by atoms with Gasteiger partial charge >= 0.3 is 0 Å². The average Bonchev–Trinajstić information content (AvgIpc) is 2.21. The van der Waals surface area contributed by atoms with E-state index in [-0.39, 0.29) is 0 Å². The maximum absolute atomic E-state index is 8.80. The summed E-state index contributed by atoms with van der Waals surface area (Å²) in [6.45, 7) is 6.99. The van der Waals surface area contributed by atoms with Crippen LogP contribution in [0.5, 0.6) is 0 Å². The molecule has 1 fully saturated rings. The van der Waals surface area contributed by atoms with E-state index < -0.39 is 0 Å². The molecule has 0 amide bonds. The summed E-state index contributed by atoms with van der Waals surface area (Å²) in [5, 5.41) is 8.80. The first-order valence-electron chi connectivity index (χ1n) is 5.41. The van der Waals surface area contributed by atoms with E-state index in [4.69, 9.17) is 5.11 Å². The van der Waals surface area contributed by atoms with Crippen LogP contribution in [0.3, 0.4) is 0 Å². The summed E-state index contributed by atoms with van der Waals surface area (Å²) in [7, 11) is 0. The predicted molar refractivity (Wildman–Crippen MR) is 63.0 cm³/mol. The molecule has 4 heteroatoms. The predicted octanol–water partition coefficient (Wildman–Crippen LogP) is 0.349. The summed E-state index contributed by atoms with van der Waals surface area (Å²) in [6, 6.07) is 0. The lowest BCUT2D eigenvalue weighted by Crippen LogP contribution is -2.47. The molecular weight excluding hydrogens is 196 g/mol.